The van der Waals surface area contributed by atoms with Crippen LogP contribution in [-0.4, -0.2) is 55.6 Å². The standard InChI is InChI=1S/C14H22N2O3/c1-18-12-6-7-16(9-12)8-11(17)10-19-14-5-3-2-4-13(14)15/h2-5,11-12,17H,6-10,15H2,1H3. The molecular formula is C14H22N2O3. The van der Waals surface area contributed by atoms with Gasteiger partial charge in [-0.2, -0.15) is 0 Å². The van der Waals surface area contributed by atoms with Crippen LogP contribution in [0, 0.1) is 0 Å². The van der Waals surface area contributed by atoms with Crippen LogP contribution >= 0.6 is 0 Å². The number of hydrogen-bond acceptors (Lipinski definition) is 5. The Hall–Kier alpha value is -1.30. The van der Waals surface area contributed by atoms with Gasteiger partial charge in [0.25, 0.3) is 0 Å². The number of hydrogen-bond donors (Lipinski definition) is 2. The lowest BCUT2D eigenvalue weighted by Crippen LogP contribution is -2.35. The predicted octanol–water partition coefficient (Wildman–Crippen LogP) is 0.729. The number of para-hydroxylation sites is 2. The molecule has 2 atom stereocenters. The molecule has 0 aliphatic carbocycles. The summed E-state index contributed by atoms with van der Waals surface area (Å²) >= 11 is 0. The number of aliphatic hydroxyl groups is 1. The van der Waals surface area contributed by atoms with Crippen molar-refractivity contribution in [2.24, 2.45) is 0 Å². The first-order chi connectivity index (χ1) is 9.19. The second-order valence-corrected chi connectivity index (χ2v) is 4.91. The third kappa shape index (κ3) is 4.09. The number of aliphatic hydroxyl groups excluding tert-OH is 1. The molecule has 1 fully saturated rings. The number of nitrogen functional groups attached to an aromatic ring is 1. The first-order valence-corrected chi connectivity index (χ1v) is 6.59. The minimum atomic E-state index is -0.518. The number of methoxy groups -OCH3 is 1. The molecule has 0 amide bonds. The number of anilines is 1. The minimum absolute atomic E-state index is 0.252. The zero-order valence-electron chi connectivity index (χ0n) is 11.3. The van der Waals surface area contributed by atoms with E-state index in [-0.39, 0.29) is 12.7 Å². The zero-order valence-corrected chi connectivity index (χ0v) is 11.3. The van der Waals surface area contributed by atoms with Gasteiger partial charge in [0.15, 0.2) is 0 Å². The van der Waals surface area contributed by atoms with Gasteiger partial charge in [0.2, 0.25) is 0 Å². The summed E-state index contributed by atoms with van der Waals surface area (Å²) in [5.41, 5.74) is 6.37. The smallest absolute Gasteiger partial charge is 0.142 e. The zero-order chi connectivity index (χ0) is 13.7. The Balaban J connectivity index is 1.73. The number of likely N-dealkylation sites (tertiary alicyclic amines) is 1. The highest BCUT2D eigenvalue weighted by molar-refractivity contribution is 5.51. The van der Waals surface area contributed by atoms with Gasteiger partial charge < -0.3 is 20.3 Å². The van der Waals surface area contributed by atoms with Gasteiger partial charge in [0, 0.05) is 26.7 Å². The highest BCUT2D eigenvalue weighted by atomic mass is 16.5. The Morgan fingerprint density at radius 3 is 2.95 bits per heavy atom. The minimum Gasteiger partial charge on any atom is -0.489 e. The molecule has 1 aliphatic heterocycles. The Morgan fingerprint density at radius 1 is 1.47 bits per heavy atom. The summed E-state index contributed by atoms with van der Waals surface area (Å²) in [7, 11) is 1.73. The summed E-state index contributed by atoms with van der Waals surface area (Å²) in [5.74, 6) is 0.623. The Labute approximate surface area is 113 Å². The number of nitrogens with zero attached hydrogens (tertiary/aromatic N) is 1. The van der Waals surface area contributed by atoms with Gasteiger partial charge >= 0.3 is 0 Å². The van der Waals surface area contributed by atoms with Crippen LogP contribution < -0.4 is 10.5 Å². The SMILES string of the molecule is COC1CCN(CC(O)COc2ccccc2N)C1. The molecule has 5 heteroatoms. The van der Waals surface area contributed by atoms with Gasteiger partial charge in [0.1, 0.15) is 18.5 Å². The predicted molar refractivity (Wildman–Crippen MR) is 74.2 cm³/mol. The largest absolute Gasteiger partial charge is 0.489 e. The molecule has 0 radical (unpaired) electrons. The maximum Gasteiger partial charge on any atom is 0.142 e. The monoisotopic (exact) mass is 266 g/mol. The van der Waals surface area contributed by atoms with Crippen LogP contribution in [0.5, 0.6) is 5.75 Å². The Morgan fingerprint density at radius 2 is 2.26 bits per heavy atom. The molecule has 1 saturated heterocycles. The van der Waals surface area contributed by atoms with Crippen molar-refractivity contribution in [3.05, 3.63) is 24.3 Å². The molecule has 0 saturated carbocycles. The summed E-state index contributed by atoms with van der Waals surface area (Å²) < 4.78 is 10.8. The van der Waals surface area contributed by atoms with Crippen molar-refractivity contribution in [2.75, 3.05) is 39.1 Å². The first-order valence-electron chi connectivity index (χ1n) is 6.59. The molecule has 106 valence electrons. The van der Waals surface area contributed by atoms with E-state index in [1.165, 1.54) is 0 Å². The molecule has 2 rings (SSSR count). The fraction of sp³-hybridized carbons (Fsp3) is 0.571. The van der Waals surface area contributed by atoms with Crippen LogP contribution in [0.4, 0.5) is 5.69 Å². The highest BCUT2D eigenvalue weighted by Crippen LogP contribution is 2.20. The van der Waals surface area contributed by atoms with Gasteiger partial charge in [-0.25, -0.2) is 0 Å². The van der Waals surface area contributed by atoms with Crippen LogP contribution in [-0.2, 0) is 4.74 Å². The van der Waals surface area contributed by atoms with Gasteiger partial charge in [-0.05, 0) is 18.6 Å². The first kappa shape index (κ1) is 14.1. The van der Waals surface area contributed by atoms with E-state index >= 15 is 0 Å². The fourth-order valence-electron chi connectivity index (χ4n) is 2.30. The average molecular weight is 266 g/mol. The summed E-state index contributed by atoms with van der Waals surface area (Å²) in [5, 5.41) is 9.97. The molecule has 0 spiro atoms. The van der Waals surface area contributed by atoms with Crippen LogP contribution in [0.1, 0.15) is 6.42 Å². The van der Waals surface area contributed by atoms with E-state index in [1.54, 1.807) is 19.2 Å². The second kappa shape index (κ2) is 6.75. The van der Waals surface area contributed by atoms with Crippen molar-refractivity contribution >= 4 is 5.69 Å². The van der Waals surface area contributed by atoms with Crippen molar-refractivity contribution < 1.29 is 14.6 Å². The molecule has 0 aromatic heterocycles. The topological polar surface area (TPSA) is 68.0 Å². The second-order valence-electron chi connectivity index (χ2n) is 4.91. The molecule has 0 bridgehead atoms. The van der Waals surface area contributed by atoms with E-state index in [4.69, 9.17) is 15.2 Å². The van der Waals surface area contributed by atoms with Crippen LogP contribution in [0.15, 0.2) is 24.3 Å². The Kier molecular flexibility index (Phi) is 5.01. The molecule has 5 nitrogen and oxygen atoms in total. The fourth-order valence-corrected chi connectivity index (χ4v) is 2.30. The maximum absolute atomic E-state index is 9.97. The van der Waals surface area contributed by atoms with Crippen LogP contribution in [0.25, 0.3) is 0 Å². The molecule has 3 N–H and O–H groups in total. The normalized spacial score (nSPS) is 21.5. The van der Waals surface area contributed by atoms with E-state index in [1.807, 2.05) is 12.1 Å². The lowest BCUT2D eigenvalue weighted by molar-refractivity contribution is 0.0644. The highest BCUT2D eigenvalue weighted by Gasteiger charge is 2.23. The van der Waals surface area contributed by atoms with E-state index in [9.17, 15) is 5.11 Å². The van der Waals surface area contributed by atoms with E-state index in [2.05, 4.69) is 4.90 Å². The van der Waals surface area contributed by atoms with Crippen molar-refractivity contribution in [3.63, 3.8) is 0 Å². The molecule has 1 aromatic rings. The average Bonchev–Trinajstić information content (AvgIpc) is 2.85. The summed E-state index contributed by atoms with van der Waals surface area (Å²) in [6.07, 6.45) is 0.795. The summed E-state index contributed by atoms with van der Waals surface area (Å²) in [4.78, 5) is 2.19. The summed E-state index contributed by atoms with van der Waals surface area (Å²) in [6.45, 7) is 2.69. The lowest BCUT2D eigenvalue weighted by Gasteiger charge is -2.20. The van der Waals surface area contributed by atoms with Crippen molar-refractivity contribution in [1.82, 2.24) is 4.90 Å². The van der Waals surface area contributed by atoms with Gasteiger partial charge in [0.05, 0.1) is 11.8 Å². The molecule has 1 heterocycles. The Bertz CT molecular complexity index is 400. The van der Waals surface area contributed by atoms with Crippen LogP contribution in [0.2, 0.25) is 0 Å². The van der Waals surface area contributed by atoms with Gasteiger partial charge in [-0.1, -0.05) is 12.1 Å². The number of β-amino-alcohol motifs (C(OH)–C–C–N with tert-alkyl or cyclic N) is 1. The van der Waals surface area contributed by atoms with Crippen molar-refractivity contribution in [3.8, 4) is 5.75 Å². The maximum atomic E-state index is 9.97. The molecular weight excluding hydrogens is 244 g/mol. The molecule has 2 unspecified atom stereocenters. The van der Waals surface area contributed by atoms with E-state index in [0.717, 1.165) is 19.5 Å². The quantitative estimate of drug-likeness (QED) is 0.743. The van der Waals surface area contributed by atoms with Crippen molar-refractivity contribution in [2.45, 2.75) is 18.6 Å². The van der Waals surface area contributed by atoms with Crippen molar-refractivity contribution in [1.29, 1.82) is 0 Å². The number of benzene rings is 1. The summed E-state index contributed by atoms with van der Waals surface area (Å²) in [6, 6.07) is 7.31. The third-order valence-corrected chi connectivity index (χ3v) is 3.38. The van der Waals surface area contributed by atoms with Gasteiger partial charge in [-0.15, -0.1) is 0 Å². The lowest BCUT2D eigenvalue weighted by atomic mass is 10.3. The number of rotatable bonds is 6. The van der Waals surface area contributed by atoms with Crippen LogP contribution in [0.3, 0.4) is 0 Å². The van der Waals surface area contributed by atoms with E-state index < -0.39 is 6.10 Å². The number of nitrogens with two attached hydrogens (primary N) is 1. The third-order valence-electron chi connectivity index (χ3n) is 3.38. The van der Waals surface area contributed by atoms with Gasteiger partial charge in [-0.3, -0.25) is 4.90 Å². The van der Waals surface area contributed by atoms with E-state index in [0.29, 0.717) is 18.0 Å². The molecule has 19 heavy (non-hydrogen) atoms. The molecule has 1 aliphatic rings. The molecule has 1 aromatic carbocycles. The number of ether oxygens (including phenoxy) is 2.